The lowest BCUT2D eigenvalue weighted by atomic mass is 9.88. The first-order valence-corrected chi connectivity index (χ1v) is 8.05. The Morgan fingerprint density at radius 3 is 2.45 bits per heavy atom. The average Bonchev–Trinajstić information content (AvgIpc) is 3.09. The summed E-state index contributed by atoms with van der Waals surface area (Å²) in [5.74, 6) is 1.04. The van der Waals surface area contributed by atoms with E-state index in [1.54, 1.807) is 0 Å². The molecule has 6 unspecified atom stereocenters. The summed E-state index contributed by atoms with van der Waals surface area (Å²) in [4.78, 5) is 23.5. The van der Waals surface area contributed by atoms with E-state index >= 15 is 0 Å². The first kappa shape index (κ1) is 13.9. The van der Waals surface area contributed by atoms with Gasteiger partial charge in [0, 0.05) is 6.54 Å². The van der Waals surface area contributed by atoms with Crippen LogP contribution in [0.4, 0.5) is 0 Å². The molecule has 0 aromatic rings. The highest BCUT2D eigenvalue weighted by Crippen LogP contribution is 2.48. The highest BCUT2D eigenvalue weighted by Gasteiger charge is 2.42. The first-order chi connectivity index (χ1) is 9.54. The quantitative estimate of drug-likeness (QED) is 0.829. The fourth-order valence-electron chi connectivity index (χ4n) is 4.84. The third-order valence-corrected chi connectivity index (χ3v) is 5.88. The van der Waals surface area contributed by atoms with Crippen LogP contribution in [0.15, 0.2) is 0 Å². The molecule has 112 valence electrons. The third-order valence-electron chi connectivity index (χ3n) is 5.88. The summed E-state index contributed by atoms with van der Waals surface area (Å²) in [5.41, 5.74) is 0. The number of rotatable bonds is 4. The highest BCUT2D eigenvalue weighted by molar-refractivity contribution is 5.85. The Morgan fingerprint density at radius 2 is 1.85 bits per heavy atom. The van der Waals surface area contributed by atoms with Crippen LogP contribution < -0.4 is 5.32 Å². The first-order valence-electron chi connectivity index (χ1n) is 8.05. The van der Waals surface area contributed by atoms with E-state index < -0.39 is 11.9 Å². The van der Waals surface area contributed by atoms with Gasteiger partial charge in [-0.1, -0.05) is 13.3 Å². The summed E-state index contributed by atoms with van der Waals surface area (Å²) < 4.78 is 0. The van der Waals surface area contributed by atoms with Crippen molar-refractivity contribution < 1.29 is 14.7 Å². The average molecular weight is 279 g/mol. The molecule has 2 bridgehead atoms. The van der Waals surface area contributed by atoms with Crippen molar-refractivity contribution in [3.63, 3.8) is 0 Å². The predicted molar refractivity (Wildman–Crippen MR) is 75.0 cm³/mol. The zero-order chi connectivity index (χ0) is 14.3. The van der Waals surface area contributed by atoms with Gasteiger partial charge >= 0.3 is 5.97 Å². The second kappa shape index (κ2) is 5.38. The molecule has 0 aromatic heterocycles. The van der Waals surface area contributed by atoms with Crippen molar-refractivity contribution in [2.24, 2.45) is 35.5 Å². The molecule has 0 aromatic carbocycles. The summed E-state index contributed by atoms with van der Waals surface area (Å²) in [6.45, 7) is 2.80. The van der Waals surface area contributed by atoms with Crippen molar-refractivity contribution in [1.82, 2.24) is 5.32 Å². The third kappa shape index (κ3) is 2.57. The lowest BCUT2D eigenvalue weighted by Crippen LogP contribution is -2.38. The predicted octanol–water partition coefficient (Wildman–Crippen LogP) is 2.29. The standard InChI is InChI=1S/C16H25NO3/c1-9-4-13(14(5-9)16(19)20)15(18)17-8-12-7-10-2-3-11(12)6-10/h9-14H,2-8H2,1H3,(H,17,18)(H,19,20). The number of carboxylic acid groups (broad SMARTS) is 1. The summed E-state index contributed by atoms with van der Waals surface area (Å²) >= 11 is 0. The highest BCUT2D eigenvalue weighted by atomic mass is 16.4. The maximum absolute atomic E-state index is 12.3. The van der Waals surface area contributed by atoms with Crippen LogP contribution in [0.25, 0.3) is 0 Å². The largest absolute Gasteiger partial charge is 0.481 e. The van der Waals surface area contributed by atoms with Crippen molar-refractivity contribution in [3.05, 3.63) is 0 Å². The number of nitrogens with one attached hydrogen (secondary N) is 1. The Kier molecular flexibility index (Phi) is 3.74. The number of aliphatic carboxylic acids is 1. The zero-order valence-electron chi connectivity index (χ0n) is 12.2. The summed E-state index contributed by atoms with van der Waals surface area (Å²) in [6.07, 6.45) is 6.66. The monoisotopic (exact) mass is 279 g/mol. The van der Waals surface area contributed by atoms with Gasteiger partial charge in [0.25, 0.3) is 0 Å². The Labute approximate surface area is 120 Å². The van der Waals surface area contributed by atoms with Gasteiger partial charge in [0.05, 0.1) is 11.8 Å². The van der Waals surface area contributed by atoms with Crippen LogP contribution in [0, 0.1) is 35.5 Å². The molecule has 0 radical (unpaired) electrons. The van der Waals surface area contributed by atoms with E-state index in [2.05, 4.69) is 5.32 Å². The molecular weight excluding hydrogens is 254 g/mol. The van der Waals surface area contributed by atoms with Gasteiger partial charge < -0.3 is 10.4 Å². The fraction of sp³-hybridized carbons (Fsp3) is 0.875. The van der Waals surface area contributed by atoms with E-state index in [4.69, 9.17) is 0 Å². The van der Waals surface area contributed by atoms with E-state index in [0.717, 1.165) is 24.8 Å². The maximum Gasteiger partial charge on any atom is 0.307 e. The van der Waals surface area contributed by atoms with Gasteiger partial charge in [0.15, 0.2) is 0 Å². The Bertz CT molecular complexity index is 409. The minimum atomic E-state index is -0.811. The van der Waals surface area contributed by atoms with Crippen LogP contribution in [-0.2, 0) is 9.59 Å². The molecule has 3 fully saturated rings. The van der Waals surface area contributed by atoms with Gasteiger partial charge in [-0.15, -0.1) is 0 Å². The molecular formula is C16H25NO3. The lowest BCUT2D eigenvalue weighted by molar-refractivity contribution is -0.146. The van der Waals surface area contributed by atoms with Crippen molar-refractivity contribution >= 4 is 11.9 Å². The SMILES string of the molecule is CC1CC(C(=O)O)C(C(=O)NCC2CC3CCC2C3)C1. The number of carbonyl (C=O) groups is 2. The van der Waals surface area contributed by atoms with Crippen LogP contribution in [0.2, 0.25) is 0 Å². The summed E-state index contributed by atoms with van der Waals surface area (Å²) in [7, 11) is 0. The van der Waals surface area contributed by atoms with Gasteiger partial charge in [-0.3, -0.25) is 9.59 Å². The van der Waals surface area contributed by atoms with Crippen molar-refractivity contribution in [1.29, 1.82) is 0 Å². The van der Waals surface area contributed by atoms with Crippen molar-refractivity contribution in [2.45, 2.75) is 45.4 Å². The van der Waals surface area contributed by atoms with Gasteiger partial charge in [-0.05, 0) is 55.8 Å². The molecule has 20 heavy (non-hydrogen) atoms. The van der Waals surface area contributed by atoms with Crippen LogP contribution in [0.5, 0.6) is 0 Å². The Hall–Kier alpha value is -1.06. The summed E-state index contributed by atoms with van der Waals surface area (Å²) in [6, 6.07) is 0. The van der Waals surface area contributed by atoms with E-state index in [-0.39, 0.29) is 11.8 Å². The van der Waals surface area contributed by atoms with Crippen LogP contribution in [-0.4, -0.2) is 23.5 Å². The molecule has 4 nitrogen and oxygen atoms in total. The van der Waals surface area contributed by atoms with Crippen molar-refractivity contribution in [3.8, 4) is 0 Å². The van der Waals surface area contributed by atoms with Crippen LogP contribution in [0.3, 0.4) is 0 Å². The molecule has 3 aliphatic carbocycles. The molecule has 3 aliphatic rings. The number of hydrogen-bond donors (Lipinski definition) is 2. The molecule has 1 amide bonds. The van der Waals surface area contributed by atoms with Gasteiger partial charge in [-0.25, -0.2) is 0 Å². The number of hydrogen-bond acceptors (Lipinski definition) is 2. The fourth-order valence-corrected chi connectivity index (χ4v) is 4.84. The summed E-state index contributed by atoms with van der Waals surface area (Å²) in [5, 5.41) is 12.3. The number of carbonyl (C=O) groups excluding carboxylic acids is 1. The molecule has 3 saturated carbocycles. The van der Waals surface area contributed by atoms with E-state index in [1.807, 2.05) is 6.92 Å². The Balaban J connectivity index is 1.52. The van der Waals surface area contributed by atoms with Crippen molar-refractivity contribution in [2.75, 3.05) is 6.54 Å². The second-order valence-corrected chi connectivity index (χ2v) is 7.31. The molecule has 6 atom stereocenters. The topological polar surface area (TPSA) is 66.4 Å². The van der Waals surface area contributed by atoms with Gasteiger partial charge in [0.2, 0.25) is 5.91 Å². The van der Waals surface area contributed by atoms with Crippen LogP contribution in [0.1, 0.15) is 45.4 Å². The number of amides is 1. The van der Waals surface area contributed by atoms with Crippen LogP contribution >= 0.6 is 0 Å². The normalized spacial score (nSPS) is 42.9. The maximum atomic E-state index is 12.3. The van der Waals surface area contributed by atoms with E-state index in [0.29, 0.717) is 18.3 Å². The molecule has 0 saturated heterocycles. The minimum absolute atomic E-state index is 0.0236. The number of fused-ring (bicyclic) bond motifs is 2. The number of carboxylic acids is 1. The minimum Gasteiger partial charge on any atom is -0.481 e. The molecule has 3 rings (SSSR count). The molecule has 0 heterocycles. The second-order valence-electron chi connectivity index (χ2n) is 7.31. The van der Waals surface area contributed by atoms with E-state index in [1.165, 1.54) is 25.7 Å². The van der Waals surface area contributed by atoms with E-state index in [9.17, 15) is 14.7 Å². The lowest BCUT2D eigenvalue weighted by Gasteiger charge is -2.23. The Morgan fingerprint density at radius 1 is 1.10 bits per heavy atom. The molecule has 2 N–H and O–H groups in total. The van der Waals surface area contributed by atoms with Gasteiger partial charge in [-0.2, -0.15) is 0 Å². The smallest absolute Gasteiger partial charge is 0.307 e. The molecule has 4 heteroatoms. The molecule has 0 aliphatic heterocycles. The molecule has 0 spiro atoms. The van der Waals surface area contributed by atoms with Gasteiger partial charge in [0.1, 0.15) is 0 Å². The zero-order valence-corrected chi connectivity index (χ0v) is 12.2.